The number of alkyl halides is 2. The quantitative estimate of drug-likeness (QED) is 0.864. The minimum absolute atomic E-state index is 0.0971. The number of nitrogen functional groups attached to an aromatic ring is 1. The number of pyridine rings is 1. The van der Waals surface area contributed by atoms with Crippen molar-refractivity contribution < 1.29 is 13.9 Å². The number of nitrogens with two attached hydrogens (primary N) is 1. The number of hydrogen-bond donors (Lipinski definition) is 2. The number of anilines is 2. The van der Waals surface area contributed by atoms with Gasteiger partial charge in [-0.25, -0.2) is 13.8 Å². The van der Waals surface area contributed by atoms with Crippen molar-refractivity contribution >= 4 is 27.4 Å². The van der Waals surface area contributed by atoms with Crippen molar-refractivity contribution in [3.05, 3.63) is 16.7 Å². The monoisotopic (exact) mass is 295 g/mol. The number of aliphatic hydroxyl groups is 1. The van der Waals surface area contributed by atoms with Gasteiger partial charge in [-0.2, -0.15) is 0 Å². The molecule has 0 aromatic carbocycles. The van der Waals surface area contributed by atoms with Crippen molar-refractivity contribution in [2.45, 2.75) is 6.43 Å². The van der Waals surface area contributed by atoms with Crippen LogP contribution in [0.15, 0.2) is 16.7 Å². The van der Waals surface area contributed by atoms with Crippen LogP contribution < -0.4 is 10.6 Å². The molecule has 0 fully saturated rings. The van der Waals surface area contributed by atoms with Gasteiger partial charge in [0.2, 0.25) is 0 Å². The number of hydrogen-bond acceptors (Lipinski definition) is 4. The smallest absolute Gasteiger partial charge is 0.255 e. The second-order valence-corrected chi connectivity index (χ2v) is 3.99. The summed E-state index contributed by atoms with van der Waals surface area (Å²) >= 11 is 3.20. The Bertz CT molecular complexity index is 352. The van der Waals surface area contributed by atoms with E-state index in [1.165, 1.54) is 11.1 Å². The molecule has 1 rings (SSSR count). The van der Waals surface area contributed by atoms with Gasteiger partial charge in [-0.3, -0.25) is 0 Å². The summed E-state index contributed by atoms with van der Waals surface area (Å²) in [5, 5.41) is 8.80. The minimum atomic E-state index is -2.49. The second-order valence-electron chi connectivity index (χ2n) is 3.13. The van der Waals surface area contributed by atoms with Crippen molar-refractivity contribution in [3.63, 3.8) is 0 Å². The maximum absolute atomic E-state index is 12.3. The lowest BCUT2D eigenvalue weighted by Crippen LogP contribution is -2.32. The van der Waals surface area contributed by atoms with Crippen LogP contribution in [0.2, 0.25) is 0 Å². The van der Waals surface area contributed by atoms with Crippen LogP contribution in [0.25, 0.3) is 0 Å². The Morgan fingerprint density at radius 3 is 2.75 bits per heavy atom. The summed E-state index contributed by atoms with van der Waals surface area (Å²) in [5.41, 5.74) is 5.94. The number of aliphatic hydroxyl groups excluding tert-OH is 1. The van der Waals surface area contributed by atoms with Crippen LogP contribution in [0.3, 0.4) is 0 Å². The molecule has 0 atom stereocenters. The van der Waals surface area contributed by atoms with Crippen LogP contribution in [-0.2, 0) is 0 Å². The van der Waals surface area contributed by atoms with Gasteiger partial charge in [0.25, 0.3) is 6.43 Å². The summed E-state index contributed by atoms with van der Waals surface area (Å²) in [7, 11) is 0. The Morgan fingerprint density at radius 2 is 2.25 bits per heavy atom. The third-order valence-corrected chi connectivity index (χ3v) is 2.45. The highest BCUT2D eigenvalue weighted by molar-refractivity contribution is 9.10. The number of nitrogens with zero attached hydrogens (tertiary/aromatic N) is 2. The van der Waals surface area contributed by atoms with E-state index in [0.29, 0.717) is 16.0 Å². The van der Waals surface area contributed by atoms with Gasteiger partial charge in [0.15, 0.2) is 0 Å². The standard InChI is InChI=1S/C9H12BrF2N3O/c10-7-3-6(13)4-14-9(7)15(1-2-16)5-8(11)12/h3-4,8,16H,1-2,5,13H2. The van der Waals surface area contributed by atoms with Gasteiger partial charge in [0.1, 0.15) is 5.82 Å². The van der Waals surface area contributed by atoms with E-state index in [2.05, 4.69) is 20.9 Å². The van der Waals surface area contributed by atoms with Gasteiger partial charge >= 0.3 is 0 Å². The molecule has 0 aliphatic carbocycles. The van der Waals surface area contributed by atoms with Gasteiger partial charge in [-0.15, -0.1) is 0 Å². The normalized spacial score (nSPS) is 10.8. The molecule has 0 amide bonds. The first-order chi connectivity index (χ1) is 7.54. The molecule has 0 bridgehead atoms. The third kappa shape index (κ3) is 3.57. The van der Waals surface area contributed by atoms with Crippen molar-refractivity contribution in [1.29, 1.82) is 0 Å². The fourth-order valence-electron chi connectivity index (χ4n) is 1.25. The SMILES string of the molecule is Nc1cnc(N(CCO)CC(F)F)c(Br)c1. The lowest BCUT2D eigenvalue weighted by atomic mass is 10.3. The Kier molecular flexibility index (Phi) is 4.88. The molecule has 4 nitrogen and oxygen atoms in total. The molecule has 1 heterocycles. The van der Waals surface area contributed by atoms with Crippen molar-refractivity contribution in [3.8, 4) is 0 Å². The molecule has 0 unspecified atom stereocenters. The zero-order chi connectivity index (χ0) is 12.1. The van der Waals surface area contributed by atoms with Crippen LogP contribution in [0, 0.1) is 0 Å². The van der Waals surface area contributed by atoms with E-state index >= 15 is 0 Å². The largest absolute Gasteiger partial charge is 0.397 e. The molecule has 0 spiro atoms. The zero-order valence-electron chi connectivity index (χ0n) is 8.41. The first kappa shape index (κ1) is 13.1. The topological polar surface area (TPSA) is 62.4 Å². The first-order valence-electron chi connectivity index (χ1n) is 4.59. The van der Waals surface area contributed by atoms with Crippen LogP contribution in [0.4, 0.5) is 20.3 Å². The summed E-state index contributed by atoms with van der Waals surface area (Å²) in [6, 6.07) is 1.58. The maximum Gasteiger partial charge on any atom is 0.255 e. The van der Waals surface area contributed by atoms with Gasteiger partial charge < -0.3 is 15.7 Å². The zero-order valence-corrected chi connectivity index (χ0v) is 9.99. The van der Waals surface area contributed by atoms with E-state index in [1.54, 1.807) is 6.07 Å². The summed E-state index contributed by atoms with van der Waals surface area (Å²) in [6.07, 6.45) is -1.10. The van der Waals surface area contributed by atoms with Gasteiger partial charge in [0, 0.05) is 6.54 Å². The second kappa shape index (κ2) is 5.95. The number of rotatable bonds is 5. The fourth-order valence-corrected chi connectivity index (χ4v) is 1.87. The van der Waals surface area contributed by atoms with Gasteiger partial charge in [0.05, 0.1) is 29.5 Å². The Hall–Kier alpha value is -0.950. The lowest BCUT2D eigenvalue weighted by Gasteiger charge is -2.23. The van der Waals surface area contributed by atoms with Crippen LogP contribution >= 0.6 is 15.9 Å². The average molecular weight is 296 g/mol. The molecule has 3 N–H and O–H groups in total. The number of halogens is 3. The van der Waals surface area contributed by atoms with Gasteiger partial charge in [-0.05, 0) is 22.0 Å². The molecular weight excluding hydrogens is 284 g/mol. The third-order valence-electron chi connectivity index (χ3n) is 1.87. The van der Waals surface area contributed by atoms with E-state index in [1.807, 2.05) is 0 Å². The highest BCUT2D eigenvalue weighted by Crippen LogP contribution is 2.25. The highest BCUT2D eigenvalue weighted by Gasteiger charge is 2.16. The summed E-state index contributed by atoms with van der Waals surface area (Å²) in [4.78, 5) is 5.26. The van der Waals surface area contributed by atoms with Crippen molar-refractivity contribution in [2.75, 3.05) is 30.3 Å². The maximum atomic E-state index is 12.3. The average Bonchev–Trinajstić information content (AvgIpc) is 2.16. The van der Waals surface area contributed by atoms with E-state index in [4.69, 9.17) is 10.8 Å². The molecule has 1 aromatic heterocycles. The summed E-state index contributed by atoms with van der Waals surface area (Å²) in [5.74, 6) is 0.351. The summed E-state index contributed by atoms with van der Waals surface area (Å²) < 4.78 is 25.2. The molecular formula is C9H12BrF2N3O. The molecule has 0 radical (unpaired) electrons. The van der Waals surface area contributed by atoms with Crippen molar-refractivity contribution in [1.82, 2.24) is 4.98 Å². The lowest BCUT2D eigenvalue weighted by molar-refractivity contribution is 0.152. The Labute approximate surface area is 100 Å². The molecule has 16 heavy (non-hydrogen) atoms. The molecule has 90 valence electrons. The molecule has 0 saturated heterocycles. The fraction of sp³-hybridized carbons (Fsp3) is 0.444. The molecule has 0 saturated carbocycles. The first-order valence-corrected chi connectivity index (χ1v) is 5.39. The minimum Gasteiger partial charge on any atom is -0.397 e. The molecule has 1 aromatic rings. The number of aromatic nitrogens is 1. The van der Waals surface area contributed by atoms with Crippen LogP contribution in [-0.4, -0.2) is 36.2 Å². The Balaban J connectivity index is 2.91. The van der Waals surface area contributed by atoms with Crippen LogP contribution in [0.1, 0.15) is 0 Å². The predicted molar refractivity (Wildman–Crippen MR) is 61.7 cm³/mol. The molecule has 7 heteroatoms. The van der Waals surface area contributed by atoms with E-state index in [9.17, 15) is 8.78 Å². The van der Waals surface area contributed by atoms with Crippen molar-refractivity contribution in [2.24, 2.45) is 0 Å². The predicted octanol–water partition coefficient (Wildman–Crippen LogP) is 1.49. The van der Waals surface area contributed by atoms with E-state index in [-0.39, 0.29) is 13.2 Å². The Morgan fingerprint density at radius 1 is 1.56 bits per heavy atom. The summed E-state index contributed by atoms with van der Waals surface area (Å²) in [6.45, 7) is -0.596. The van der Waals surface area contributed by atoms with Gasteiger partial charge in [-0.1, -0.05) is 0 Å². The highest BCUT2D eigenvalue weighted by atomic mass is 79.9. The molecule has 0 aliphatic rings. The molecule has 0 aliphatic heterocycles. The van der Waals surface area contributed by atoms with Crippen LogP contribution in [0.5, 0.6) is 0 Å². The van der Waals surface area contributed by atoms with E-state index in [0.717, 1.165) is 0 Å². The van der Waals surface area contributed by atoms with E-state index < -0.39 is 13.0 Å².